The number of benzene rings is 2. The van der Waals surface area contributed by atoms with Gasteiger partial charge >= 0.3 is 0 Å². The second-order valence-corrected chi connectivity index (χ2v) is 8.82. The summed E-state index contributed by atoms with van der Waals surface area (Å²) in [6.45, 7) is 3.65. The van der Waals surface area contributed by atoms with Gasteiger partial charge in [-0.05, 0) is 33.6 Å². The van der Waals surface area contributed by atoms with E-state index in [0.29, 0.717) is 34.5 Å². The molecule has 2 aromatic carbocycles. The minimum Gasteiger partial charge on any atom is -0.297 e. The van der Waals surface area contributed by atoms with E-state index in [-0.39, 0.29) is 11.6 Å². The highest BCUT2D eigenvalue weighted by molar-refractivity contribution is 9.10. The van der Waals surface area contributed by atoms with Gasteiger partial charge in [-0.25, -0.2) is 4.98 Å². The number of carbonyl (C=O) groups excluding carboxylic acids is 2. The van der Waals surface area contributed by atoms with Gasteiger partial charge in [0.05, 0.1) is 5.69 Å². The molecule has 0 N–H and O–H groups in total. The highest BCUT2D eigenvalue weighted by Gasteiger charge is 2.59. The summed E-state index contributed by atoms with van der Waals surface area (Å²) >= 11 is 3.42. The van der Waals surface area contributed by atoms with E-state index in [1.165, 1.54) is 5.56 Å². The van der Waals surface area contributed by atoms with E-state index in [0.717, 1.165) is 19.6 Å². The molecular formula is C25H22BrN3O2. The summed E-state index contributed by atoms with van der Waals surface area (Å²) in [5, 5.41) is 0. The summed E-state index contributed by atoms with van der Waals surface area (Å²) in [5.74, 6) is -0.342. The van der Waals surface area contributed by atoms with Crippen molar-refractivity contribution in [1.29, 1.82) is 0 Å². The lowest BCUT2D eigenvalue weighted by atomic mass is 9.85. The van der Waals surface area contributed by atoms with E-state index in [9.17, 15) is 9.59 Å². The van der Waals surface area contributed by atoms with Crippen LogP contribution >= 0.6 is 15.9 Å². The summed E-state index contributed by atoms with van der Waals surface area (Å²) in [6, 6.07) is 22.9. The number of fused-ring (bicyclic) bond motifs is 1. The van der Waals surface area contributed by atoms with Crippen LogP contribution in [-0.4, -0.2) is 52.5 Å². The Morgan fingerprint density at radius 1 is 0.774 bits per heavy atom. The number of halogens is 1. The Hall–Kier alpha value is -2.67. The normalized spacial score (nSPS) is 18.9. The van der Waals surface area contributed by atoms with Gasteiger partial charge in [0, 0.05) is 43.9 Å². The number of Topliss-reactive ketones (excluding diaryl/α,β-unsaturated/α-hetero) is 2. The minimum atomic E-state index is -1.40. The van der Waals surface area contributed by atoms with Gasteiger partial charge in [0.1, 0.15) is 4.60 Å². The average Bonchev–Trinajstić information content (AvgIpc) is 3.03. The third kappa shape index (κ3) is 3.35. The molecule has 0 spiro atoms. The van der Waals surface area contributed by atoms with E-state index >= 15 is 0 Å². The largest absolute Gasteiger partial charge is 0.297 e. The number of pyridine rings is 1. The number of nitrogens with zero attached hydrogens (tertiary/aromatic N) is 3. The van der Waals surface area contributed by atoms with Crippen LogP contribution in [-0.2, 0) is 12.1 Å². The van der Waals surface area contributed by atoms with Gasteiger partial charge in [-0.1, -0.05) is 60.7 Å². The Morgan fingerprint density at radius 3 is 2.00 bits per heavy atom. The number of hydrogen-bond acceptors (Lipinski definition) is 5. The van der Waals surface area contributed by atoms with Crippen LogP contribution in [0.2, 0.25) is 0 Å². The van der Waals surface area contributed by atoms with E-state index in [1.54, 1.807) is 18.2 Å². The third-order valence-electron chi connectivity index (χ3n) is 6.25. The predicted molar refractivity (Wildman–Crippen MR) is 122 cm³/mol. The fourth-order valence-corrected chi connectivity index (χ4v) is 5.09. The lowest BCUT2D eigenvalue weighted by molar-refractivity contribution is 0.0266. The van der Waals surface area contributed by atoms with Gasteiger partial charge in [0.2, 0.25) is 0 Å². The van der Waals surface area contributed by atoms with Crippen molar-refractivity contribution in [2.75, 3.05) is 26.2 Å². The van der Waals surface area contributed by atoms with Crippen LogP contribution in [0.3, 0.4) is 0 Å². The average molecular weight is 476 g/mol. The van der Waals surface area contributed by atoms with Gasteiger partial charge < -0.3 is 0 Å². The molecule has 1 fully saturated rings. The van der Waals surface area contributed by atoms with Crippen LogP contribution in [0, 0.1) is 0 Å². The Bertz CT molecular complexity index is 1110. The zero-order chi connectivity index (χ0) is 21.4. The van der Waals surface area contributed by atoms with Gasteiger partial charge in [-0.15, -0.1) is 0 Å². The molecule has 0 atom stereocenters. The fraction of sp³-hybridized carbons (Fsp3) is 0.240. The molecular weight excluding hydrogens is 454 g/mol. The first-order chi connectivity index (χ1) is 15.1. The molecule has 0 bridgehead atoms. The summed E-state index contributed by atoms with van der Waals surface area (Å²) in [7, 11) is 0. The summed E-state index contributed by atoms with van der Waals surface area (Å²) in [6.07, 6.45) is 0. The molecule has 5 rings (SSSR count). The van der Waals surface area contributed by atoms with Crippen molar-refractivity contribution < 1.29 is 9.59 Å². The van der Waals surface area contributed by atoms with Crippen LogP contribution < -0.4 is 0 Å². The smallest absolute Gasteiger partial charge is 0.198 e. The fourth-order valence-electron chi connectivity index (χ4n) is 4.75. The van der Waals surface area contributed by atoms with Crippen molar-refractivity contribution in [1.82, 2.24) is 14.8 Å². The van der Waals surface area contributed by atoms with Crippen molar-refractivity contribution >= 4 is 27.5 Å². The molecule has 156 valence electrons. The lowest BCUT2D eigenvalue weighted by Gasteiger charge is -2.43. The Balaban J connectivity index is 1.49. The first kappa shape index (κ1) is 20.2. The SMILES string of the molecule is O=C1c2ccccc2C(=O)C1(c1cccc(Br)n1)N1CCN(Cc2ccccc2)CC1. The van der Waals surface area contributed by atoms with E-state index in [2.05, 4.69) is 37.9 Å². The molecule has 0 radical (unpaired) electrons. The quantitative estimate of drug-likeness (QED) is 0.422. The monoisotopic (exact) mass is 475 g/mol. The van der Waals surface area contributed by atoms with Crippen molar-refractivity contribution in [2.24, 2.45) is 0 Å². The van der Waals surface area contributed by atoms with Gasteiger partial charge in [-0.2, -0.15) is 0 Å². The molecule has 1 saturated heterocycles. The molecule has 1 aromatic heterocycles. The Kier molecular flexibility index (Phi) is 5.30. The molecule has 1 aliphatic heterocycles. The van der Waals surface area contributed by atoms with Crippen molar-refractivity contribution in [3.63, 3.8) is 0 Å². The predicted octanol–water partition coefficient (Wildman–Crippen LogP) is 3.94. The number of rotatable bonds is 4. The maximum absolute atomic E-state index is 13.8. The third-order valence-corrected chi connectivity index (χ3v) is 6.70. The maximum atomic E-state index is 13.8. The standard InChI is InChI=1S/C25H22BrN3O2/c26-22-12-6-11-21(27-22)25(23(30)19-9-4-5-10-20(19)24(25)31)29-15-13-28(14-16-29)17-18-7-2-1-3-8-18/h1-12H,13-17H2. The van der Waals surface area contributed by atoms with Crippen molar-refractivity contribution in [3.05, 3.63) is 99.8 Å². The molecule has 2 heterocycles. The first-order valence-electron chi connectivity index (χ1n) is 10.4. The number of carbonyl (C=O) groups is 2. The summed E-state index contributed by atoms with van der Waals surface area (Å²) in [5.41, 5.74) is 1.33. The maximum Gasteiger partial charge on any atom is 0.198 e. The highest BCUT2D eigenvalue weighted by Crippen LogP contribution is 2.42. The molecule has 0 unspecified atom stereocenters. The summed E-state index contributed by atoms with van der Waals surface area (Å²) in [4.78, 5) is 36.6. The number of piperazine rings is 1. The van der Waals surface area contributed by atoms with Gasteiger partial charge in [0.25, 0.3) is 0 Å². The second kappa shape index (κ2) is 8.11. The van der Waals surface area contributed by atoms with Gasteiger partial charge in [0.15, 0.2) is 17.1 Å². The zero-order valence-electron chi connectivity index (χ0n) is 17.0. The zero-order valence-corrected chi connectivity index (χ0v) is 18.6. The molecule has 1 aliphatic carbocycles. The van der Waals surface area contributed by atoms with Crippen LogP contribution in [0.25, 0.3) is 0 Å². The van der Waals surface area contributed by atoms with E-state index in [1.807, 2.05) is 47.4 Å². The minimum absolute atomic E-state index is 0.171. The molecule has 3 aromatic rings. The molecule has 2 aliphatic rings. The molecule has 5 nitrogen and oxygen atoms in total. The molecule has 31 heavy (non-hydrogen) atoms. The lowest BCUT2D eigenvalue weighted by Crippen LogP contribution is -2.60. The number of hydrogen-bond donors (Lipinski definition) is 0. The summed E-state index contributed by atoms with van der Waals surface area (Å²) < 4.78 is 0.614. The van der Waals surface area contributed by atoms with E-state index in [4.69, 9.17) is 0 Å². The van der Waals surface area contributed by atoms with Crippen LogP contribution in [0.15, 0.2) is 77.4 Å². The Morgan fingerprint density at radius 2 is 1.39 bits per heavy atom. The van der Waals surface area contributed by atoms with E-state index < -0.39 is 5.54 Å². The molecule has 6 heteroatoms. The topological polar surface area (TPSA) is 53.5 Å². The van der Waals surface area contributed by atoms with Crippen molar-refractivity contribution in [3.8, 4) is 0 Å². The first-order valence-corrected chi connectivity index (χ1v) is 11.2. The Labute approximate surface area is 189 Å². The highest BCUT2D eigenvalue weighted by atomic mass is 79.9. The van der Waals surface area contributed by atoms with Crippen molar-refractivity contribution in [2.45, 2.75) is 12.1 Å². The van der Waals surface area contributed by atoms with Crippen LogP contribution in [0.4, 0.5) is 0 Å². The van der Waals surface area contributed by atoms with Crippen LogP contribution in [0.1, 0.15) is 32.0 Å². The molecule has 0 amide bonds. The number of ketones is 2. The molecule has 0 saturated carbocycles. The number of aromatic nitrogens is 1. The van der Waals surface area contributed by atoms with Gasteiger partial charge in [-0.3, -0.25) is 19.4 Å². The second-order valence-electron chi connectivity index (χ2n) is 8.01. The van der Waals surface area contributed by atoms with Crippen LogP contribution in [0.5, 0.6) is 0 Å².